The second kappa shape index (κ2) is 7.07. The standard InChI is InChI=1S/C20H20N6OS2/c1-10-11(2)28-19-15(10)18(27)22-16(23-19)12(3)29-20-25-24-17(26(20)14-6-7-14)13-5-4-8-21-9-13/h4-5,8-9,12,14H,6-7H2,1-3H3,(H,22,23,27). The Labute approximate surface area is 175 Å². The molecule has 1 atom stereocenters. The van der Waals surface area contributed by atoms with Gasteiger partial charge < -0.3 is 4.98 Å². The Morgan fingerprint density at radius 3 is 2.86 bits per heavy atom. The Morgan fingerprint density at radius 1 is 1.31 bits per heavy atom. The lowest BCUT2D eigenvalue weighted by atomic mass is 10.2. The van der Waals surface area contributed by atoms with Crippen molar-refractivity contribution >= 4 is 33.3 Å². The van der Waals surface area contributed by atoms with Crippen LogP contribution in [0.2, 0.25) is 0 Å². The fourth-order valence-corrected chi connectivity index (χ4v) is 5.40. The van der Waals surface area contributed by atoms with Gasteiger partial charge in [0.2, 0.25) is 0 Å². The Kier molecular flexibility index (Phi) is 4.51. The molecule has 0 radical (unpaired) electrons. The number of thioether (sulfide) groups is 1. The van der Waals surface area contributed by atoms with E-state index in [9.17, 15) is 4.79 Å². The van der Waals surface area contributed by atoms with Gasteiger partial charge in [-0.2, -0.15) is 0 Å². The topological polar surface area (TPSA) is 89.3 Å². The zero-order chi connectivity index (χ0) is 20.1. The molecule has 9 heteroatoms. The normalized spacial score (nSPS) is 15.1. The number of fused-ring (bicyclic) bond motifs is 1. The van der Waals surface area contributed by atoms with Crippen LogP contribution in [0.25, 0.3) is 21.6 Å². The summed E-state index contributed by atoms with van der Waals surface area (Å²) in [6.07, 6.45) is 5.82. The van der Waals surface area contributed by atoms with Gasteiger partial charge in [-0.05, 0) is 51.3 Å². The summed E-state index contributed by atoms with van der Waals surface area (Å²) in [5.41, 5.74) is 1.91. The van der Waals surface area contributed by atoms with E-state index in [1.165, 1.54) is 0 Å². The van der Waals surface area contributed by atoms with Crippen molar-refractivity contribution in [1.29, 1.82) is 0 Å². The summed E-state index contributed by atoms with van der Waals surface area (Å²) in [7, 11) is 0. The first-order valence-electron chi connectivity index (χ1n) is 9.54. The van der Waals surface area contributed by atoms with Gasteiger partial charge in [0.05, 0.1) is 10.6 Å². The van der Waals surface area contributed by atoms with E-state index in [-0.39, 0.29) is 10.8 Å². The average Bonchev–Trinajstić information content (AvgIpc) is 3.40. The lowest BCUT2D eigenvalue weighted by Gasteiger charge is -2.12. The first kappa shape index (κ1) is 18.5. The van der Waals surface area contributed by atoms with Crippen LogP contribution in [0.15, 0.2) is 34.5 Å². The molecule has 1 saturated carbocycles. The molecule has 0 aromatic carbocycles. The average molecular weight is 425 g/mol. The molecule has 4 aromatic heterocycles. The van der Waals surface area contributed by atoms with Crippen molar-refractivity contribution in [3.05, 3.63) is 51.1 Å². The number of pyridine rings is 1. The summed E-state index contributed by atoms with van der Waals surface area (Å²) >= 11 is 3.15. The van der Waals surface area contributed by atoms with Gasteiger partial charge in [-0.15, -0.1) is 21.5 Å². The Hall–Kier alpha value is -2.52. The van der Waals surface area contributed by atoms with Crippen molar-refractivity contribution in [3.63, 3.8) is 0 Å². The second-order valence-corrected chi connectivity index (χ2v) is 9.83. The van der Waals surface area contributed by atoms with E-state index < -0.39 is 0 Å². The second-order valence-electron chi connectivity index (χ2n) is 7.32. The fourth-order valence-electron chi connectivity index (χ4n) is 3.39. The molecule has 1 aliphatic rings. The van der Waals surface area contributed by atoms with Crippen LogP contribution < -0.4 is 5.56 Å². The van der Waals surface area contributed by atoms with Gasteiger partial charge in [-0.1, -0.05) is 11.8 Å². The van der Waals surface area contributed by atoms with Crippen molar-refractivity contribution in [2.24, 2.45) is 0 Å². The number of aromatic amines is 1. The summed E-state index contributed by atoms with van der Waals surface area (Å²) in [6.45, 7) is 6.04. The van der Waals surface area contributed by atoms with Gasteiger partial charge in [-0.3, -0.25) is 14.3 Å². The molecule has 4 aromatic rings. The van der Waals surface area contributed by atoms with Crippen molar-refractivity contribution < 1.29 is 0 Å². The largest absolute Gasteiger partial charge is 0.309 e. The first-order valence-corrected chi connectivity index (χ1v) is 11.2. The molecule has 7 nitrogen and oxygen atoms in total. The third kappa shape index (κ3) is 3.28. The summed E-state index contributed by atoms with van der Waals surface area (Å²) in [6, 6.07) is 4.33. The predicted octanol–water partition coefficient (Wildman–Crippen LogP) is 4.44. The van der Waals surface area contributed by atoms with Crippen LogP contribution in [-0.4, -0.2) is 29.7 Å². The van der Waals surface area contributed by atoms with Crippen LogP contribution in [0.1, 0.15) is 47.3 Å². The molecule has 4 heterocycles. The highest BCUT2D eigenvalue weighted by Crippen LogP contribution is 2.43. The van der Waals surface area contributed by atoms with Crippen molar-refractivity contribution in [1.82, 2.24) is 29.7 Å². The van der Waals surface area contributed by atoms with Crippen molar-refractivity contribution in [2.75, 3.05) is 0 Å². The highest BCUT2D eigenvalue weighted by Gasteiger charge is 2.31. The van der Waals surface area contributed by atoms with E-state index >= 15 is 0 Å². The number of aryl methyl sites for hydroxylation is 2. The number of thiophene rings is 1. The SMILES string of the molecule is Cc1sc2nc(C(C)Sc3nnc(-c4cccnc4)n3C3CC3)[nH]c(=O)c2c1C. The maximum Gasteiger partial charge on any atom is 0.259 e. The number of nitrogens with one attached hydrogen (secondary N) is 1. The first-order chi connectivity index (χ1) is 14.0. The zero-order valence-corrected chi connectivity index (χ0v) is 18.0. The van der Waals surface area contributed by atoms with E-state index in [1.54, 1.807) is 29.3 Å². The number of aromatic nitrogens is 6. The third-order valence-electron chi connectivity index (χ3n) is 5.22. The minimum absolute atomic E-state index is 0.0572. The van der Waals surface area contributed by atoms with Crippen LogP contribution in [0, 0.1) is 13.8 Å². The fraction of sp³-hybridized carbons (Fsp3) is 0.350. The van der Waals surface area contributed by atoms with Gasteiger partial charge >= 0.3 is 0 Å². The smallest absolute Gasteiger partial charge is 0.259 e. The van der Waals surface area contributed by atoms with Gasteiger partial charge in [0, 0.05) is 28.9 Å². The molecular formula is C20H20N6OS2. The van der Waals surface area contributed by atoms with Crippen LogP contribution in [0.3, 0.4) is 0 Å². The lowest BCUT2D eigenvalue weighted by molar-refractivity contribution is 0.667. The van der Waals surface area contributed by atoms with E-state index in [4.69, 9.17) is 4.98 Å². The summed E-state index contributed by atoms with van der Waals surface area (Å²) in [5.74, 6) is 1.51. The van der Waals surface area contributed by atoms with Gasteiger partial charge in [0.15, 0.2) is 11.0 Å². The van der Waals surface area contributed by atoms with E-state index in [0.29, 0.717) is 17.3 Å². The Balaban J connectivity index is 1.50. The number of H-pyrrole nitrogens is 1. The molecular weight excluding hydrogens is 404 g/mol. The van der Waals surface area contributed by atoms with Crippen LogP contribution in [-0.2, 0) is 0 Å². The minimum atomic E-state index is -0.0704. The number of hydrogen-bond acceptors (Lipinski definition) is 7. The van der Waals surface area contributed by atoms with Crippen LogP contribution in [0.4, 0.5) is 0 Å². The van der Waals surface area contributed by atoms with Crippen LogP contribution in [0.5, 0.6) is 0 Å². The summed E-state index contributed by atoms with van der Waals surface area (Å²) < 4.78 is 2.20. The Bertz CT molecular complexity index is 1260. The maximum atomic E-state index is 12.6. The molecule has 0 amide bonds. The lowest BCUT2D eigenvalue weighted by Crippen LogP contribution is -2.12. The monoisotopic (exact) mass is 424 g/mol. The molecule has 1 fully saturated rings. The van der Waals surface area contributed by atoms with E-state index in [0.717, 1.165) is 44.7 Å². The number of rotatable bonds is 5. The molecule has 0 saturated heterocycles. The predicted molar refractivity (Wildman–Crippen MR) is 116 cm³/mol. The highest BCUT2D eigenvalue weighted by molar-refractivity contribution is 7.99. The molecule has 5 rings (SSSR count). The van der Waals surface area contributed by atoms with Gasteiger partial charge in [-0.25, -0.2) is 4.98 Å². The zero-order valence-electron chi connectivity index (χ0n) is 16.3. The third-order valence-corrected chi connectivity index (χ3v) is 7.39. The van der Waals surface area contributed by atoms with E-state index in [2.05, 4.69) is 24.7 Å². The van der Waals surface area contributed by atoms with Gasteiger partial charge in [0.25, 0.3) is 5.56 Å². The molecule has 0 aliphatic heterocycles. The van der Waals surface area contributed by atoms with Gasteiger partial charge in [0.1, 0.15) is 10.7 Å². The summed E-state index contributed by atoms with van der Waals surface area (Å²) in [5, 5.41) is 10.4. The van der Waals surface area contributed by atoms with Crippen LogP contribution >= 0.6 is 23.1 Å². The van der Waals surface area contributed by atoms with E-state index in [1.807, 2.05) is 39.1 Å². The Morgan fingerprint density at radius 2 is 2.14 bits per heavy atom. The molecule has 29 heavy (non-hydrogen) atoms. The number of hydrogen-bond donors (Lipinski definition) is 1. The molecule has 1 unspecified atom stereocenters. The molecule has 1 N–H and O–H groups in total. The quantitative estimate of drug-likeness (QED) is 0.476. The molecule has 1 aliphatic carbocycles. The van der Waals surface area contributed by atoms with Crippen molar-refractivity contribution in [2.45, 2.75) is 50.1 Å². The number of nitrogens with zero attached hydrogens (tertiary/aromatic N) is 5. The molecule has 0 spiro atoms. The van der Waals surface area contributed by atoms with Crippen molar-refractivity contribution in [3.8, 4) is 11.4 Å². The summed E-state index contributed by atoms with van der Waals surface area (Å²) in [4.78, 5) is 26.5. The molecule has 0 bridgehead atoms. The maximum absolute atomic E-state index is 12.6. The molecule has 148 valence electrons. The minimum Gasteiger partial charge on any atom is -0.309 e. The highest BCUT2D eigenvalue weighted by atomic mass is 32.2.